The first kappa shape index (κ1) is 20.9. The number of phenols is 1. The third kappa shape index (κ3) is 5.05. The number of aromatic hydroxyl groups is 1. The zero-order chi connectivity index (χ0) is 20.1. The maximum Gasteiger partial charge on any atom is 0.342 e. The van der Waals surface area contributed by atoms with Crippen molar-refractivity contribution in [2.45, 2.75) is 51.9 Å². The van der Waals surface area contributed by atoms with Gasteiger partial charge in [-0.05, 0) is 50.0 Å². The summed E-state index contributed by atoms with van der Waals surface area (Å²) in [4.78, 5) is 24.7. The lowest BCUT2D eigenvalue weighted by atomic mass is 9.96. The van der Waals surface area contributed by atoms with Gasteiger partial charge in [-0.1, -0.05) is 31.2 Å². The predicted octanol–water partition coefficient (Wildman–Crippen LogP) is 2.54. The lowest BCUT2D eigenvalue weighted by molar-refractivity contribution is -0.127. The van der Waals surface area contributed by atoms with Crippen molar-refractivity contribution in [3.05, 3.63) is 47.1 Å². The molecule has 1 heterocycles. The van der Waals surface area contributed by atoms with E-state index in [-0.39, 0.29) is 23.7 Å². The van der Waals surface area contributed by atoms with E-state index in [1.807, 2.05) is 6.92 Å². The Labute approximate surface area is 158 Å². The van der Waals surface area contributed by atoms with Gasteiger partial charge in [0.2, 0.25) is 0 Å². The van der Waals surface area contributed by atoms with E-state index in [1.54, 1.807) is 38.1 Å². The van der Waals surface area contributed by atoms with Gasteiger partial charge in [0.1, 0.15) is 23.5 Å². The number of esters is 1. The molecule has 1 aliphatic rings. The van der Waals surface area contributed by atoms with Gasteiger partial charge in [0.15, 0.2) is 5.78 Å². The first-order valence-corrected chi connectivity index (χ1v) is 9.03. The summed E-state index contributed by atoms with van der Waals surface area (Å²) in [6.45, 7) is 5.37. The van der Waals surface area contributed by atoms with E-state index < -0.39 is 30.1 Å². The second kappa shape index (κ2) is 8.97. The van der Waals surface area contributed by atoms with Crippen LogP contribution in [0.3, 0.4) is 0 Å². The van der Waals surface area contributed by atoms with E-state index in [4.69, 9.17) is 4.74 Å². The van der Waals surface area contributed by atoms with E-state index in [9.17, 15) is 24.9 Å². The molecule has 0 amide bonds. The number of ether oxygens (including phenoxy) is 1. The van der Waals surface area contributed by atoms with Crippen LogP contribution in [0.4, 0.5) is 0 Å². The van der Waals surface area contributed by atoms with Crippen LogP contribution in [0.2, 0.25) is 0 Å². The molecule has 6 nitrogen and oxygen atoms in total. The molecule has 3 N–H and O–H groups in total. The van der Waals surface area contributed by atoms with Crippen LogP contribution in [-0.4, -0.2) is 45.4 Å². The van der Waals surface area contributed by atoms with Crippen molar-refractivity contribution in [2.75, 3.05) is 0 Å². The van der Waals surface area contributed by atoms with Gasteiger partial charge in [0.05, 0.1) is 6.10 Å². The van der Waals surface area contributed by atoms with Crippen LogP contribution in [0.1, 0.15) is 48.2 Å². The van der Waals surface area contributed by atoms with Crippen LogP contribution in [0.5, 0.6) is 5.75 Å². The Morgan fingerprint density at radius 2 is 1.89 bits per heavy atom. The minimum absolute atomic E-state index is 0.0115. The van der Waals surface area contributed by atoms with E-state index in [0.717, 1.165) is 5.56 Å². The molecule has 0 aliphatic carbocycles. The number of aliphatic hydroxyl groups is 2. The van der Waals surface area contributed by atoms with Crippen LogP contribution >= 0.6 is 0 Å². The van der Waals surface area contributed by atoms with Gasteiger partial charge < -0.3 is 20.1 Å². The van der Waals surface area contributed by atoms with Gasteiger partial charge >= 0.3 is 5.97 Å². The highest BCUT2D eigenvalue weighted by Gasteiger charge is 2.25. The summed E-state index contributed by atoms with van der Waals surface area (Å²) in [5.74, 6) is -1.69. The number of benzene rings is 1. The summed E-state index contributed by atoms with van der Waals surface area (Å²) >= 11 is 0. The minimum Gasteiger partial charge on any atom is -0.507 e. The standard InChI is InChI=1S/C21H26O6/c1-4-14-8-9-17(23)20(25)16(22)7-5-6-15-10-12(2)11-18(24)19(15)21(26)27-13(14)3/h5-6,8-11,13-14,16,20,22,24-25H,4,7H2,1-3H3/b6-5+,9-8-/t13-,14+,16-,20-/m0/s1. The van der Waals surface area contributed by atoms with E-state index in [0.29, 0.717) is 12.0 Å². The van der Waals surface area contributed by atoms with Crippen molar-refractivity contribution < 1.29 is 29.6 Å². The molecule has 0 bridgehead atoms. The van der Waals surface area contributed by atoms with Crippen molar-refractivity contribution in [3.8, 4) is 5.75 Å². The number of rotatable bonds is 1. The lowest BCUT2D eigenvalue weighted by Gasteiger charge is -2.22. The summed E-state index contributed by atoms with van der Waals surface area (Å²) in [6, 6.07) is 3.20. The molecule has 0 fully saturated rings. The number of carbonyl (C=O) groups excluding carboxylic acids is 2. The number of fused-ring (bicyclic) bond motifs is 1. The van der Waals surface area contributed by atoms with Crippen molar-refractivity contribution in [3.63, 3.8) is 0 Å². The Hall–Kier alpha value is -2.44. The molecule has 0 radical (unpaired) electrons. The third-order valence-corrected chi connectivity index (χ3v) is 4.70. The lowest BCUT2D eigenvalue weighted by Crippen LogP contribution is -2.32. The normalized spacial score (nSPS) is 29.4. The van der Waals surface area contributed by atoms with Crippen LogP contribution in [-0.2, 0) is 9.53 Å². The van der Waals surface area contributed by atoms with E-state index >= 15 is 0 Å². The van der Waals surface area contributed by atoms with Crippen molar-refractivity contribution in [1.82, 2.24) is 0 Å². The van der Waals surface area contributed by atoms with Gasteiger partial charge in [0, 0.05) is 5.92 Å². The highest BCUT2D eigenvalue weighted by atomic mass is 16.5. The molecule has 1 aliphatic heterocycles. The van der Waals surface area contributed by atoms with Crippen LogP contribution in [0.25, 0.3) is 6.08 Å². The topological polar surface area (TPSA) is 104 Å². The van der Waals surface area contributed by atoms with Crippen molar-refractivity contribution in [2.24, 2.45) is 5.92 Å². The third-order valence-electron chi connectivity index (χ3n) is 4.70. The fraction of sp³-hybridized carbons (Fsp3) is 0.429. The molecule has 0 saturated heterocycles. The minimum atomic E-state index is -1.53. The fourth-order valence-corrected chi connectivity index (χ4v) is 3.06. The van der Waals surface area contributed by atoms with Gasteiger partial charge in [-0.15, -0.1) is 0 Å². The smallest absolute Gasteiger partial charge is 0.342 e. The molecule has 0 spiro atoms. The Balaban J connectivity index is 2.50. The van der Waals surface area contributed by atoms with Gasteiger partial charge in [0.25, 0.3) is 0 Å². The van der Waals surface area contributed by atoms with Crippen molar-refractivity contribution in [1.29, 1.82) is 0 Å². The van der Waals surface area contributed by atoms with Crippen LogP contribution in [0, 0.1) is 12.8 Å². The second-order valence-electron chi connectivity index (χ2n) is 6.84. The fourth-order valence-electron chi connectivity index (χ4n) is 3.06. The number of aliphatic hydroxyl groups excluding tert-OH is 2. The summed E-state index contributed by atoms with van der Waals surface area (Å²) in [6.07, 6.45) is 3.16. The number of aryl methyl sites for hydroxylation is 1. The first-order chi connectivity index (χ1) is 12.7. The number of cyclic esters (lactones) is 1. The molecule has 146 valence electrons. The number of phenolic OH excluding ortho intramolecular Hbond substituents is 1. The predicted molar refractivity (Wildman–Crippen MR) is 101 cm³/mol. The molecule has 2 rings (SSSR count). The van der Waals surface area contributed by atoms with E-state index in [2.05, 4.69) is 0 Å². The molecule has 4 atom stereocenters. The van der Waals surface area contributed by atoms with Crippen LogP contribution in [0.15, 0.2) is 30.4 Å². The Kier molecular flexibility index (Phi) is 6.93. The number of hydrogen-bond donors (Lipinski definition) is 3. The van der Waals surface area contributed by atoms with Gasteiger partial charge in [-0.2, -0.15) is 0 Å². The Bertz CT molecular complexity index is 764. The molecule has 1 aromatic rings. The highest BCUT2D eigenvalue weighted by Crippen LogP contribution is 2.27. The van der Waals surface area contributed by atoms with Gasteiger partial charge in [-0.3, -0.25) is 4.79 Å². The molecule has 0 saturated carbocycles. The number of ketones is 1. The van der Waals surface area contributed by atoms with Gasteiger partial charge in [-0.25, -0.2) is 4.79 Å². The molecule has 1 aromatic carbocycles. The SMILES string of the molecule is CC[C@@H]1/C=C\C(=O)[C@@H](O)[C@@H](O)C/C=C/c2cc(C)cc(O)c2C(=O)O[C@H]1C. The summed E-state index contributed by atoms with van der Waals surface area (Å²) in [5, 5.41) is 30.3. The summed E-state index contributed by atoms with van der Waals surface area (Å²) in [5.41, 5.74) is 1.24. The zero-order valence-electron chi connectivity index (χ0n) is 15.8. The summed E-state index contributed by atoms with van der Waals surface area (Å²) in [7, 11) is 0. The maximum absolute atomic E-state index is 12.7. The average Bonchev–Trinajstić information content (AvgIpc) is 2.59. The molecular formula is C21H26O6. The van der Waals surface area contributed by atoms with Crippen LogP contribution < -0.4 is 0 Å². The average molecular weight is 374 g/mol. The van der Waals surface area contributed by atoms with Crippen molar-refractivity contribution >= 4 is 17.8 Å². The Morgan fingerprint density at radius 1 is 1.19 bits per heavy atom. The molecule has 6 heteroatoms. The highest BCUT2D eigenvalue weighted by molar-refractivity contribution is 5.97. The molecule has 0 unspecified atom stereocenters. The Morgan fingerprint density at radius 3 is 2.56 bits per heavy atom. The first-order valence-electron chi connectivity index (χ1n) is 9.03. The maximum atomic E-state index is 12.7. The quantitative estimate of drug-likeness (QED) is 0.653. The van der Waals surface area contributed by atoms with E-state index in [1.165, 1.54) is 12.1 Å². The number of carbonyl (C=O) groups is 2. The molecule has 0 aromatic heterocycles. The number of hydrogen-bond acceptors (Lipinski definition) is 6. The molecular weight excluding hydrogens is 348 g/mol. The summed E-state index contributed by atoms with van der Waals surface area (Å²) < 4.78 is 5.52. The molecule has 27 heavy (non-hydrogen) atoms. The monoisotopic (exact) mass is 374 g/mol. The second-order valence-corrected chi connectivity index (χ2v) is 6.84. The zero-order valence-corrected chi connectivity index (χ0v) is 15.8. The largest absolute Gasteiger partial charge is 0.507 e.